The quantitative estimate of drug-likeness (QED) is 0.866. The summed E-state index contributed by atoms with van der Waals surface area (Å²) in [6.45, 7) is 1.85. The SMILES string of the molecule is Cc1cnc(NC(=O)/C=C/c2cccc(C(F)(F)F)c2)s1. The summed E-state index contributed by atoms with van der Waals surface area (Å²) in [5.41, 5.74) is -0.448. The number of carbonyl (C=O) groups excluding carboxylic acids is 1. The van der Waals surface area contributed by atoms with E-state index >= 15 is 0 Å². The van der Waals surface area contributed by atoms with Crippen LogP contribution in [0.25, 0.3) is 6.08 Å². The molecule has 0 aliphatic rings. The van der Waals surface area contributed by atoms with Crippen molar-refractivity contribution in [2.24, 2.45) is 0 Å². The fraction of sp³-hybridized carbons (Fsp3) is 0.143. The van der Waals surface area contributed by atoms with Gasteiger partial charge in [0.2, 0.25) is 5.91 Å². The molecule has 1 heterocycles. The van der Waals surface area contributed by atoms with Gasteiger partial charge in [-0.1, -0.05) is 12.1 Å². The minimum atomic E-state index is -4.40. The van der Waals surface area contributed by atoms with Gasteiger partial charge >= 0.3 is 6.18 Å². The number of alkyl halides is 3. The number of aromatic nitrogens is 1. The number of carbonyl (C=O) groups is 1. The Labute approximate surface area is 123 Å². The lowest BCUT2D eigenvalue weighted by Crippen LogP contribution is -2.07. The first-order valence-electron chi connectivity index (χ1n) is 5.93. The van der Waals surface area contributed by atoms with Crippen molar-refractivity contribution >= 4 is 28.5 Å². The molecule has 0 unspecified atom stereocenters. The maximum absolute atomic E-state index is 12.5. The van der Waals surface area contributed by atoms with Gasteiger partial charge in [-0.2, -0.15) is 13.2 Å². The highest BCUT2D eigenvalue weighted by Crippen LogP contribution is 2.29. The van der Waals surface area contributed by atoms with Gasteiger partial charge in [-0.05, 0) is 30.7 Å². The van der Waals surface area contributed by atoms with E-state index in [1.807, 2.05) is 6.92 Å². The molecule has 0 atom stereocenters. The summed E-state index contributed by atoms with van der Waals surface area (Å²) in [5.74, 6) is -0.443. The van der Waals surface area contributed by atoms with Crippen LogP contribution >= 0.6 is 11.3 Å². The maximum Gasteiger partial charge on any atom is 0.416 e. The van der Waals surface area contributed by atoms with Crippen molar-refractivity contribution in [3.63, 3.8) is 0 Å². The highest BCUT2D eigenvalue weighted by molar-refractivity contribution is 7.15. The number of nitrogens with zero attached hydrogens (tertiary/aromatic N) is 1. The van der Waals surface area contributed by atoms with Gasteiger partial charge in [0.15, 0.2) is 5.13 Å². The molecule has 0 aliphatic heterocycles. The van der Waals surface area contributed by atoms with E-state index in [2.05, 4.69) is 10.3 Å². The third-order valence-electron chi connectivity index (χ3n) is 2.49. The second-order valence-electron chi connectivity index (χ2n) is 4.22. The average Bonchev–Trinajstić information content (AvgIpc) is 2.81. The fourth-order valence-corrected chi connectivity index (χ4v) is 2.22. The second kappa shape index (κ2) is 6.09. The predicted octanol–water partition coefficient (Wildman–Crippen LogP) is 4.12. The number of hydrogen-bond acceptors (Lipinski definition) is 3. The predicted molar refractivity (Wildman–Crippen MR) is 76.0 cm³/mol. The van der Waals surface area contributed by atoms with Gasteiger partial charge in [0.25, 0.3) is 0 Å². The zero-order valence-electron chi connectivity index (χ0n) is 10.9. The first-order chi connectivity index (χ1) is 9.84. The van der Waals surface area contributed by atoms with Crippen molar-refractivity contribution in [3.8, 4) is 0 Å². The lowest BCUT2D eigenvalue weighted by molar-refractivity contribution is -0.137. The Bertz CT molecular complexity index is 677. The number of nitrogens with one attached hydrogen (secondary N) is 1. The molecule has 0 saturated heterocycles. The van der Waals surface area contributed by atoms with Gasteiger partial charge in [0, 0.05) is 17.2 Å². The molecule has 0 spiro atoms. The summed E-state index contributed by atoms with van der Waals surface area (Å²) < 4.78 is 37.6. The zero-order chi connectivity index (χ0) is 15.5. The second-order valence-corrected chi connectivity index (χ2v) is 5.46. The van der Waals surface area contributed by atoms with E-state index in [1.54, 1.807) is 6.20 Å². The standard InChI is InChI=1S/C14H11F3N2OS/c1-9-8-18-13(21-9)19-12(20)6-5-10-3-2-4-11(7-10)14(15,16)17/h2-8H,1H3,(H,18,19,20)/b6-5+. The molecule has 3 nitrogen and oxygen atoms in total. The number of thiazole rings is 1. The van der Waals surface area contributed by atoms with Crippen LogP contribution in [0.5, 0.6) is 0 Å². The van der Waals surface area contributed by atoms with Crippen LogP contribution in [0.4, 0.5) is 18.3 Å². The molecule has 7 heteroatoms. The molecule has 1 aromatic carbocycles. The third-order valence-corrected chi connectivity index (χ3v) is 3.32. The fourth-order valence-electron chi connectivity index (χ4n) is 1.55. The van der Waals surface area contributed by atoms with E-state index in [0.29, 0.717) is 10.7 Å². The molecule has 21 heavy (non-hydrogen) atoms. The lowest BCUT2D eigenvalue weighted by atomic mass is 10.1. The van der Waals surface area contributed by atoms with E-state index in [9.17, 15) is 18.0 Å². The van der Waals surface area contributed by atoms with Crippen LogP contribution in [0.3, 0.4) is 0 Å². The summed E-state index contributed by atoms with van der Waals surface area (Å²) in [6.07, 6.45) is -0.279. The number of halogens is 3. The highest BCUT2D eigenvalue weighted by Gasteiger charge is 2.30. The Kier molecular flexibility index (Phi) is 4.42. The van der Waals surface area contributed by atoms with E-state index < -0.39 is 17.6 Å². The third kappa shape index (κ3) is 4.42. The molecule has 110 valence electrons. The maximum atomic E-state index is 12.5. The number of rotatable bonds is 3. The smallest absolute Gasteiger partial charge is 0.298 e. The molecular weight excluding hydrogens is 301 g/mol. The molecule has 1 aromatic heterocycles. The van der Waals surface area contributed by atoms with Gasteiger partial charge in [-0.15, -0.1) is 11.3 Å². The van der Waals surface area contributed by atoms with E-state index in [-0.39, 0.29) is 0 Å². The van der Waals surface area contributed by atoms with Crippen LogP contribution < -0.4 is 5.32 Å². The van der Waals surface area contributed by atoms with E-state index in [1.165, 1.54) is 35.6 Å². The molecule has 0 bridgehead atoms. The van der Waals surface area contributed by atoms with E-state index in [0.717, 1.165) is 17.0 Å². The van der Waals surface area contributed by atoms with Gasteiger partial charge in [-0.3, -0.25) is 10.1 Å². The van der Waals surface area contributed by atoms with Gasteiger partial charge < -0.3 is 0 Å². The number of aryl methyl sites for hydroxylation is 1. The Morgan fingerprint density at radius 1 is 1.38 bits per heavy atom. The van der Waals surface area contributed by atoms with Crippen molar-refractivity contribution in [2.75, 3.05) is 5.32 Å². The molecule has 1 amide bonds. The van der Waals surface area contributed by atoms with Crippen molar-refractivity contribution in [3.05, 3.63) is 52.5 Å². The Balaban J connectivity index is 2.05. The van der Waals surface area contributed by atoms with Crippen molar-refractivity contribution in [2.45, 2.75) is 13.1 Å². The topological polar surface area (TPSA) is 42.0 Å². The first kappa shape index (κ1) is 15.2. The van der Waals surface area contributed by atoms with Crippen LogP contribution in [-0.4, -0.2) is 10.9 Å². The minimum absolute atomic E-state index is 0.301. The molecule has 2 aromatic rings. The van der Waals surface area contributed by atoms with Gasteiger partial charge in [-0.25, -0.2) is 4.98 Å². The molecule has 0 fully saturated rings. The molecule has 0 saturated carbocycles. The van der Waals surface area contributed by atoms with Gasteiger partial charge in [0.05, 0.1) is 5.56 Å². The van der Waals surface area contributed by atoms with Crippen LogP contribution in [-0.2, 0) is 11.0 Å². The summed E-state index contributed by atoms with van der Waals surface area (Å²) in [6, 6.07) is 4.75. The molecule has 0 radical (unpaired) electrons. The zero-order valence-corrected chi connectivity index (χ0v) is 11.8. The Hall–Kier alpha value is -2.15. The van der Waals surface area contributed by atoms with Crippen LogP contribution in [0.1, 0.15) is 16.0 Å². The van der Waals surface area contributed by atoms with E-state index in [4.69, 9.17) is 0 Å². The molecular formula is C14H11F3N2OS. The summed E-state index contributed by atoms with van der Waals surface area (Å²) in [5, 5.41) is 2.99. The monoisotopic (exact) mass is 312 g/mol. The largest absolute Gasteiger partial charge is 0.416 e. The van der Waals surface area contributed by atoms with Crippen molar-refractivity contribution in [1.82, 2.24) is 4.98 Å². The Morgan fingerprint density at radius 2 is 2.14 bits per heavy atom. The normalized spacial score (nSPS) is 11.8. The van der Waals surface area contributed by atoms with Crippen molar-refractivity contribution < 1.29 is 18.0 Å². The molecule has 0 aliphatic carbocycles. The van der Waals surface area contributed by atoms with Crippen LogP contribution in [0.2, 0.25) is 0 Å². The molecule has 2 rings (SSSR count). The number of amides is 1. The molecule has 1 N–H and O–H groups in total. The number of benzene rings is 1. The van der Waals surface area contributed by atoms with Crippen LogP contribution in [0.15, 0.2) is 36.5 Å². The minimum Gasteiger partial charge on any atom is -0.298 e. The highest BCUT2D eigenvalue weighted by atomic mass is 32.1. The summed E-state index contributed by atoms with van der Waals surface area (Å²) in [7, 11) is 0. The van der Waals surface area contributed by atoms with Crippen molar-refractivity contribution in [1.29, 1.82) is 0 Å². The number of anilines is 1. The van der Waals surface area contributed by atoms with Crippen LogP contribution in [0, 0.1) is 6.92 Å². The average molecular weight is 312 g/mol. The summed E-state index contributed by atoms with van der Waals surface area (Å²) >= 11 is 1.32. The van der Waals surface area contributed by atoms with Gasteiger partial charge in [0.1, 0.15) is 0 Å². The summed E-state index contributed by atoms with van der Waals surface area (Å²) in [4.78, 5) is 16.5. The number of hydrogen-bond donors (Lipinski definition) is 1. The lowest BCUT2D eigenvalue weighted by Gasteiger charge is -2.06. The first-order valence-corrected chi connectivity index (χ1v) is 6.75. The Morgan fingerprint density at radius 3 is 2.76 bits per heavy atom.